The maximum atomic E-state index is 13.0. The van der Waals surface area contributed by atoms with Gasteiger partial charge in [0.15, 0.2) is 11.5 Å². The summed E-state index contributed by atoms with van der Waals surface area (Å²) in [7, 11) is 1.68. The minimum absolute atomic E-state index is 0.266. The zero-order valence-corrected chi connectivity index (χ0v) is 19.9. The molecule has 1 amide bonds. The number of hydrogen-bond acceptors (Lipinski definition) is 6. The maximum absolute atomic E-state index is 13.0. The Bertz CT molecular complexity index is 1580. The molecule has 0 bridgehead atoms. The number of benzene rings is 4. The normalized spacial score (nSPS) is 10.5. The number of anilines is 2. The minimum Gasteiger partial charge on any atom is -0.478 e. The molecular weight excluding hydrogens is 476 g/mol. The summed E-state index contributed by atoms with van der Waals surface area (Å²) in [6, 6.07) is 20.2. The van der Waals surface area contributed by atoms with Gasteiger partial charge in [-0.25, -0.2) is 9.59 Å². The molecule has 4 N–H and O–H groups in total. The Hall–Kier alpha value is -5.18. The van der Waals surface area contributed by atoms with E-state index in [4.69, 9.17) is 4.74 Å². The number of ketones is 1. The van der Waals surface area contributed by atoms with Crippen molar-refractivity contribution in [3.63, 3.8) is 0 Å². The van der Waals surface area contributed by atoms with Crippen molar-refractivity contribution in [3.8, 4) is 11.5 Å². The van der Waals surface area contributed by atoms with Crippen LogP contribution in [-0.2, 0) is 0 Å². The average Bonchev–Trinajstić information content (AvgIpc) is 2.88. The van der Waals surface area contributed by atoms with Gasteiger partial charge in [0.2, 0.25) is 0 Å². The molecule has 0 aliphatic rings. The number of carbonyl (C=O) groups excluding carboxylic acids is 2. The molecule has 0 unspecified atom stereocenters. The molecule has 0 atom stereocenters. The number of carboxylic acid groups (broad SMARTS) is 2. The molecular formula is C28H22N2O7. The van der Waals surface area contributed by atoms with Crippen LogP contribution in [0.3, 0.4) is 0 Å². The number of aromatic carboxylic acids is 2. The predicted molar refractivity (Wildman–Crippen MR) is 138 cm³/mol. The molecule has 0 aliphatic carbocycles. The summed E-state index contributed by atoms with van der Waals surface area (Å²) < 4.78 is 6.04. The van der Waals surface area contributed by atoms with Gasteiger partial charge in [-0.3, -0.25) is 9.59 Å². The number of ether oxygens (including phenoxy) is 1. The van der Waals surface area contributed by atoms with Gasteiger partial charge in [0.1, 0.15) is 5.75 Å². The van der Waals surface area contributed by atoms with Crippen molar-refractivity contribution < 1.29 is 34.1 Å². The van der Waals surface area contributed by atoms with Crippen LogP contribution in [0, 0.1) is 0 Å². The Kier molecular flexibility index (Phi) is 6.88. The number of carboxylic acids is 2. The summed E-state index contributed by atoms with van der Waals surface area (Å²) in [4.78, 5) is 48.2. The molecule has 9 heteroatoms. The van der Waals surface area contributed by atoms with E-state index in [2.05, 4.69) is 10.6 Å². The third kappa shape index (κ3) is 5.25. The number of fused-ring (bicyclic) bond motifs is 1. The van der Waals surface area contributed by atoms with Crippen molar-refractivity contribution >= 4 is 45.8 Å². The largest absolute Gasteiger partial charge is 0.478 e. The molecule has 9 nitrogen and oxygen atoms in total. The predicted octanol–water partition coefficient (Wildman–Crippen LogP) is 5.53. The van der Waals surface area contributed by atoms with E-state index < -0.39 is 34.8 Å². The average molecular weight is 498 g/mol. The first kappa shape index (κ1) is 24.9. The van der Waals surface area contributed by atoms with Crippen LogP contribution in [-0.4, -0.2) is 40.9 Å². The van der Waals surface area contributed by atoms with E-state index in [1.807, 2.05) is 42.5 Å². The van der Waals surface area contributed by atoms with Crippen LogP contribution in [0.1, 0.15) is 48.4 Å². The second kappa shape index (κ2) is 10.2. The zero-order valence-electron chi connectivity index (χ0n) is 19.9. The summed E-state index contributed by atoms with van der Waals surface area (Å²) in [6.45, 7) is 1.14. The molecule has 0 heterocycles. The SMILES string of the molecule is CNc1cc(NC(=O)c2cc(C(C)=O)c(C(=O)O)cc2C(=O)O)ccc1Oc1ccc2ccccc2c1. The fourth-order valence-corrected chi connectivity index (χ4v) is 3.88. The molecule has 0 radical (unpaired) electrons. The Labute approximate surface area is 211 Å². The number of rotatable bonds is 8. The van der Waals surface area contributed by atoms with Crippen molar-refractivity contribution in [1.82, 2.24) is 0 Å². The summed E-state index contributed by atoms with van der Waals surface area (Å²) >= 11 is 0. The lowest BCUT2D eigenvalue weighted by molar-refractivity contribution is 0.0690. The van der Waals surface area contributed by atoms with Gasteiger partial charge in [0.25, 0.3) is 5.91 Å². The zero-order chi connectivity index (χ0) is 26.7. The first-order valence-corrected chi connectivity index (χ1v) is 11.1. The van der Waals surface area contributed by atoms with E-state index >= 15 is 0 Å². The molecule has 0 fully saturated rings. The maximum Gasteiger partial charge on any atom is 0.336 e. The molecule has 0 saturated carbocycles. The molecule has 186 valence electrons. The van der Waals surface area contributed by atoms with Gasteiger partial charge >= 0.3 is 11.9 Å². The van der Waals surface area contributed by atoms with Crippen molar-refractivity contribution in [2.45, 2.75) is 6.92 Å². The summed E-state index contributed by atoms with van der Waals surface area (Å²) in [5.74, 6) is -3.30. The summed E-state index contributed by atoms with van der Waals surface area (Å²) in [6.07, 6.45) is 0. The second-order valence-electron chi connectivity index (χ2n) is 8.14. The van der Waals surface area contributed by atoms with E-state index in [1.54, 1.807) is 25.2 Å². The fraction of sp³-hybridized carbons (Fsp3) is 0.0714. The van der Waals surface area contributed by atoms with Crippen LogP contribution in [0.15, 0.2) is 72.8 Å². The number of carbonyl (C=O) groups is 4. The van der Waals surface area contributed by atoms with Crippen LogP contribution < -0.4 is 15.4 Å². The van der Waals surface area contributed by atoms with Gasteiger partial charge in [0, 0.05) is 18.3 Å². The third-order valence-corrected chi connectivity index (χ3v) is 5.70. The lowest BCUT2D eigenvalue weighted by Gasteiger charge is -2.15. The summed E-state index contributed by atoms with van der Waals surface area (Å²) in [5.41, 5.74) is -0.764. The Morgan fingerprint density at radius 1 is 0.730 bits per heavy atom. The number of hydrogen-bond donors (Lipinski definition) is 4. The Morgan fingerprint density at radius 2 is 1.38 bits per heavy atom. The van der Waals surface area contributed by atoms with E-state index in [9.17, 15) is 29.4 Å². The van der Waals surface area contributed by atoms with Gasteiger partial charge < -0.3 is 25.6 Å². The highest BCUT2D eigenvalue weighted by atomic mass is 16.5. The van der Waals surface area contributed by atoms with Crippen molar-refractivity contribution in [2.24, 2.45) is 0 Å². The topological polar surface area (TPSA) is 142 Å². The van der Waals surface area contributed by atoms with Gasteiger partial charge in [-0.2, -0.15) is 0 Å². The monoisotopic (exact) mass is 498 g/mol. The van der Waals surface area contributed by atoms with Gasteiger partial charge in [0.05, 0.1) is 22.4 Å². The third-order valence-electron chi connectivity index (χ3n) is 5.70. The standard InChI is InChI=1S/C28H22N2O7/c1-15(31)20-13-21(23(28(35)36)14-22(20)27(33)34)26(32)30-18-8-10-25(24(12-18)29-2)37-19-9-7-16-5-3-4-6-17(16)11-19/h3-14,29H,1-2H3,(H,30,32)(H,33,34)(H,35,36). The first-order valence-electron chi connectivity index (χ1n) is 11.1. The van der Waals surface area contributed by atoms with Crippen LogP contribution in [0.4, 0.5) is 11.4 Å². The number of amides is 1. The van der Waals surface area contributed by atoms with Crippen LogP contribution in [0.5, 0.6) is 11.5 Å². The highest BCUT2D eigenvalue weighted by Gasteiger charge is 2.24. The minimum atomic E-state index is -1.50. The Morgan fingerprint density at radius 3 is 2.03 bits per heavy atom. The highest BCUT2D eigenvalue weighted by Crippen LogP contribution is 2.33. The van der Waals surface area contributed by atoms with Gasteiger partial charge in [-0.15, -0.1) is 0 Å². The quantitative estimate of drug-likeness (QED) is 0.233. The lowest BCUT2D eigenvalue weighted by Crippen LogP contribution is -2.19. The molecule has 4 rings (SSSR count). The number of nitrogens with one attached hydrogen (secondary N) is 2. The van der Waals surface area contributed by atoms with Gasteiger partial charge in [-0.1, -0.05) is 30.3 Å². The van der Waals surface area contributed by atoms with Crippen molar-refractivity contribution in [3.05, 3.63) is 95.1 Å². The molecule has 0 saturated heterocycles. The smallest absolute Gasteiger partial charge is 0.336 e. The summed E-state index contributed by atoms with van der Waals surface area (Å²) in [5, 5.41) is 26.6. The van der Waals surface area contributed by atoms with Crippen LogP contribution >= 0.6 is 0 Å². The van der Waals surface area contributed by atoms with E-state index in [1.165, 1.54) is 0 Å². The van der Waals surface area contributed by atoms with Crippen LogP contribution in [0.2, 0.25) is 0 Å². The van der Waals surface area contributed by atoms with Crippen molar-refractivity contribution in [1.29, 1.82) is 0 Å². The lowest BCUT2D eigenvalue weighted by atomic mass is 9.95. The first-order chi connectivity index (χ1) is 17.7. The molecule has 4 aromatic rings. The van der Waals surface area contributed by atoms with Crippen molar-refractivity contribution in [2.75, 3.05) is 17.7 Å². The second-order valence-corrected chi connectivity index (χ2v) is 8.14. The van der Waals surface area contributed by atoms with E-state index in [0.29, 0.717) is 22.9 Å². The molecule has 37 heavy (non-hydrogen) atoms. The highest BCUT2D eigenvalue weighted by molar-refractivity contribution is 6.15. The fourth-order valence-electron chi connectivity index (χ4n) is 3.88. The van der Waals surface area contributed by atoms with Crippen LogP contribution in [0.25, 0.3) is 10.8 Å². The van der Waals surface area contributed by atoms with Gasteiger partial charge in [-0.05, 0) is 60.2 Å². The molecule has 0 aliphatic heterocycles. The Balaban J connectivity index is 1.63. The number of Topliss-reactive ketones (excluding diaryl/α,β-unsaturated/α-hetero) is 1. The van der Waals surface area contributed by atoms with E-state index in [0.717, 1.165) is 29.8 Å². The van der Waals surface area contributed by atoms with E-state index in [-0.39, 0.29) is 11.1 Å². The molecule has 0 spiro atoms. The molecule has 0 aromatic heterocycles. The molecule has 4 aromatic carbocycles.